The Morgan fingerprint density at radius 1 is 1.56 bits per heavy atom. The van der Waals surface area contributed by atoms with Gasteiger partial charge in [0.05, 0.1) is 0 Å². The highest BCUT2D eigenvalue weighted by molar-refractivity contribution is 5.96. The van der Waals surface area contributed by atoms with Crippen LogP contribution in [0.25, 0.3) is 0 Å². The van der Waals surface area contributed by atoms with Crippen molar-refractivity contribution >= 4 is 5.91 Å². The van der Waals surface area contributed by atoms with Crippen LogP contribution in [0.5, 0.6) is 5.75 Å². The van der Waals surface area contributed by atoms with Gasteiger partial charge in [0.2, 0.25) is 0 Å². The minimum atomic E-state index is -0.173. The summed E-state index contributed by atoms with van der Waals surface area (Å²) in [5.41, 5.74) is 6.56. The molecule has 0 fully saturated rings. The Balaban J connectivity index is 2.70. The molecular weight excluding hydrogens is 204 g/mol. The van der Waals surface area contributed by atoms with Gasteiger partial charge >= 0.3 is 0 Å². The number of nitrogens with one attached hydrogen (secondary N) is 1. The van der Waals surface area contributed by atoms with Crippen LogP contribution in [0, 0.1) is 12.8 Å². The molecule has 1 rings (SSSR count). The molecule has 4 nitrogen and oxygen atoms in total. The van der Waals surface area contributed by atoms with Gasteiger partial charge in [0.1, 0.15) is 5.75 Å². The molecule has 16 heavy (non-hydrogen) atoms. The number of rotatable bonds is 4. The average molecular weight is 222 g/mol. The first-order valence-electron chi connectivity index (χ1n) is 5.33. The Morgan fingerprint density at radius 2 is 2.25 bits per heavy atom. The first-order valence-corrected chi connectivity index (χ1v) is 5.33. The summed E-state index contributed by atoms with van der Waals surface area (Å²) < 4.78 is 0. The Labute approximate surface area is 95.5 Å². The molecule has 1 aromatic rings. The summed E-state index contributed by atoms with van der Waals surface area (Å²) in [6.07, 6.45) is 0. The summed E-state index contributed by atoms with van der Waals surface area (Å²) in [6.45, 7) is 4.77. The van der Waals surface area contributed by atoms with Crippen LogP contribution in [-0.4, -0.2) is 24.1 Å². The maximum absolute atomic E-state index is 11.8. The molecule has 0 radical (unpaired) electrons. The van der Waals surface area contributed by atoms with Gasteiger partial charge in [-0.25, -0.2) is 0 Å². The quantitative estimate of drug-likeness (QED) is 0.712. The Morgan fingerprint density at radius 3 is 2.88 bits per heavy atom. The zero-order valence-corrected chi connectivity index (χ0v) is 9.66. The van der Waals surface area contributed by atoms with Crippen LogP contribution >= 0.6 is 0 Å². The largest absolute Gasteiger partial charge is 0.508 e. The SMILES string of the molecule is Cc1c(O)cccc1C(=O)NCC(C)CN. The van der Waals surface area contributed by atoms with E-state index in [2.05, 4.69) is 5.32 Å². The van der Waals surface area contributed by atoms with Gasteiger partial charge in [0.25, 0.3) is 5.91 Å². The van der Waals surface area contributed by atoms with E-state index >= 15 is 0 Å². The summed E-state index contributed by atoms with van der Waals surface area (Å²) in [5.74, 6) is 0.217. The number of amides is 1. The van der Waals surface area contributed by atoms with Crippen molar-refractivity contribution in [2.45, 2.75) is 13.8 Å². The molecular formula is C12H18N2O2. The maximum atomic E-state index is 11.8. The fourth-order valence-corrected chi connectivity index (χ4v) is 1.31. The summed E-state index contributed by atoms with van der Waals surface area (Å²) in [5, 5.41) is 12.3. The minimum Gasteiger partial charge on any atom is -0.508 e. The van der Waals surface area contributed by atoms with Gasteiger partial charge in [-0.1, -0.05) is 13.0 Å². The van der Waals surface area contributed by atoms with Gasteiger partial charge in [0.15, 0.2) is 0 Å². The van der Waals surface area contributed by atoms with Gasteiger partial charge in [0, 0.05) is 17.7 Å². The van der Waals surface area contributed by atoms with E-state index in [9.17, 15) is 9.90 Å². The Bertz CT molecular complexity index is 377. The highest BCUT2D eigenvalue weighted by Gasteiger charge is 2.11. The third-order valence-electron chi connectivity index (χ3n) is 2.56. The highest BCUT2D eigenvalue weighted by atomic mass is 16.3. The zero-order valence-electron chi connectivity index (χ0n) is 9.66. The van der Waals surface area contributed by atoms with E-state index in [1.807, 2.05) is 6.92 Å². The predicted molar refractivity (Wildman–Crippen MR) is 63.4 cm³/mol. The molecule has 0 aliphatic rings. The van der Waals surface area contributed by atoms with E-state index in [0.29, 0.717) is 24.2 Å². The fraction of sp³-hybridized carbons (Fsp3) is 0.417. The van der Waals surface area contributed by atoms with Crippen molar-refractivity contribution in [2.24, 2.45) is 11.7 Å². The molecule has 0 saturated heterocycles. The molecule has 4 heteroatoms. The number of phenols is 1. The number of hydrogen-bond acceptors (Lipinski definition) is 3. The molecule has 1 atom stereocenters. The number of nitrogens with two attached hydrogens (primary N) is 1. The number of hydrogen-bond donors (Lipinski definition) is 3. The van der Waals surface area contributed by atoms with E-state index in [4.69, 9.17) is 5.73 Å². The van der Waals surface area contributed by atoms with Crippen LogP contribution in [-0.2, 0) is 0 Å². The lowest BCUT2D eigenvalue weighted by Crippen LogP contribution is -2.31. The van der Waals surface area contributed by atoms with Crippen LogP contribution in [0.2, 0.25) is 0 Å². The number of aromatic hydroxyl groups is 1. The second-order valence-corrected chi connectivity index (χ2v) is 4.00. The smallest absolute Gasteiger partial charge is 0.251 e. The van der Waals surface area contributed by atoms with Crippen molar-refractivity contribution in [2.75, 3.05) is 13.1 Å². The van der Waals surface area contributed by atoms with Gasteiger partial charge < -0.3 is 16.2 Å². The molecule has 0 aliphatic carbocycles. The van der Waals surface area contributed by atoms with Gasteiger partial charge in [-0.05, 0) is 31.5 Å². The van der Waals surface area contributed by atoms with Crippen LogP contribution < -0.4 is 11.1 Å². The van der Waals surface area contributed by atoms with Gasteiger partial charge in [-0.15, -0.1) is 0 Å². The molecule has 0 heterocycles. The molecule has 1 aromatic carbocycles. The molecule has 0 bridgehead atoms. The van der Waals surface area contributed by atoms with Crippen molar-refractivity contribution in [3.05, 3.63) is 29.3 Å². The third-order valence-corrected chi connectivity index (χ3v) is 2.56. The summed E-state index contributed by atoms with van der Waals surface area (Å²) in [6, 6.07) is 4.91. The first kappa shape index (κ1) is 12.5. The monoisotopic (exact) mass is 222 g/mol. The van der Waals surface area contributed by atoms with Gasteiger partial charge in [-0.3, -0.25) is 4.79 Å². The second-order valence-electron chi connectivity index (χ2n) is 4.00. The zero-order chi connectivity index (χ0) is 12.1. The first-order chi connectivity index (χ1) is 7.56. The van der Waals surface area contributed by atoms with Crippen molar-refractivity contribution in [3.63, 3.8) is 0 Å². The molecule has 1 unspecified atom stereocenters. The average Bonchev–Trinajstić information content (AvgIpc) is 2.29. The summed E-state index contributed by atoms with van der Waals surface area (Å²) >= 11 is 0. The van der Waals surface area contributed by atoms with E-state index in [-0.39, 0.29) is 17.6 Å². The van der Waals surface area contributed by atoms with E-state index < -0.39 is 0 Å². The molecule has 1 amide bonds. The molecule has 0 aromatic heterocycles. The lowest BCUT2D eigenvalue weighted by Gasteiger charge is -2.11. The van der Waals surface area contributed by atoms with E-state index in [1.54, 1.807) is 25.1 Å². The normalized spacial score (nSPS) is 12.2. The molecule has 0 aliphatic heterocycles. The minimum absolute atomic E-state index is 0.138. The number of benzene rings is 1. The highest BCUT2D eigenvalue weighted by Crippen LogP contribution is 2.19. The standard InChI is InChI=1S/C12H18N2O2/c1-8(6-13)7-14-12(16)10-4-3-5-11(15)9(10)2/h3-5,8,15H,6-7,13H2,1-2H3,(H,14,16). The number of phenolic OH excluding ortho intramolecular Hbond substituents is 1. The van der Waals surface area contributed by atoms with Crippen LogP contribution in [0.4, 0.5) is 0 Å². The molecule has 0 saturated carbocycles. The fourth-order valence-electron chi connectivity index (χ4n) is 1.31. The number of carbonyl (C=O) groups excluding carboxylic acids is 1. The Hall–Kier alpha value is -1.55. The summed E-state index contributed by atoms with van der Waals surface area (Å²) in [7, 11) is 0. The van der Waals surface area contributed by atoms with E-state index in [1.165, 1.54) is 0 Å². The molecule has 4 N–H and O–H groups in total. The lowest BCUT2D eigenvalue weighted by atomic mass is 10.1. The lowest BCUT2D eigenvalue weighted by molar-refractivity contribution is 0.0947. The van der Waals surface area contributed by atoms with E-state index in [0.717, 1.165) is 0 Å². The van der Waals surface area contributed by atoms with Crippen LogP contribution in [0.15, 0.2) is 18.2 Å². The second kappa shape index (κ2) is 5.51. The van der Waals surface area contributed by atoms with Crippen molar-refractivity contribution < 1.29 is 9.90 Å². The van der Waals surface area contributed by atoms with Crippen molar-refractivity contribution in [1.29, 1.82) is 0 Å². The van der Waals surface area contributed by atoms with Gasteiger partial charge in [-0.2, -0.15) is 0 Å². The van der Waals surface area contributed by atoms with Crippen LogP contribution in [0.1, 0.15) is 22.8 Å². The van der Waals surface area contributed by atoms with Crippen molar-refractivity contribution in [1.82, 2.24) is 5.32 Å². The number of carbonyl (C=O) groups is 1. The third kappa shape index (κ3) is 2.97. The maximum Gasteiger partial charge on any atom is 0.251 e. The topological polar surface area (TPSA) is 75.3 Å². The predicted octanol–water partition coefficient (Wildman–Crippen LogP) is 1.03. The van der Waals surface area contributed by atoms with Crippen LogP contribution in [0.3, 0.4) is 0 Å². The Kier molecular flexibility index (Phi) is 4.31. The van der Waals surface area contributed by atoms with Crippen molar-refractivity contribution in [3.8, 4) is 5.75 Å². The summed E-state index contributed by atoms with van der Waals surface area (Å²) in [4.78, 5) is 11.8. The molecule has 0 spiro atoms. The molecule has 88 valence electrons.